The van der Waals surface area contributed by atoms with E-state index in [0.717, 1.165) is 38.5 Å². The Bertz CT molecular complexity index is 1110. The Morgan fingerprint density at radius 2 is 0.685 bits per heavy atom. The lowest BCUT2D eigenvalue weighted by Gasteiger charge is -2.40. The van der Waals surface area contributed by atoms with Crippen molar-refractivity contribution in [1.82, 2.24) is 5.32 Å². The van der Waals surface area contributed by atoms with Crippen molar-refractivity contribution in [3.05, 3.63) is 0 Å². The van der Waals surface area contributed by atoms with Crippen molar-refractivity contribution in [2.24, 2.45) is 0 Å². The second-order valence-corrected chi connectivity index (χ2v) is 23.3. The highest BCUT2D eigenvalue weighted by atomic mass is 16.7. The molecular formula is C64H127NO8. The maximum atomic E-state index is 13.1. The highest BCUT2D eigenvalue weighted by molar-refractivity contribution is 5.76. The van der Waals surface area contributed by atoms with Gasteiger partial charge < -0.3 is 40.3 Å². The number of nitrogens with one attached hydrogen (secondary N) is 1. The van der Waals surface area contributed by atoms with Crippen LogP contribution in [0.2, 0.25) is 0 Å². The van der Waals surface area contributed by atoms with Crippen molar-refractivity contribution in [1.29, 1.82) is 0 Å². The van der Waals surface area contributed by atoms with Gasteiger partial charge in [0, 0.05) is 6.42 Å². The van der Waals surface area contributed by atoms with E-state index in [1.165, 1.54) is 283 Å². The second kappa shape index (κ2) is 54.5. The fraction of sp³-hybridized carbons (Fsp3) is 0.984. The molecule has 0 aromatic heterocycles. The first kappa shape index (κ1) is 70.2. The summed E-state index contributed by atoms with van der Waals surface area (Å²) >= 11 is 0. The molecule has 1 aliphatic heterocycles. The van der Waals surface area contributed by atoms with Crippen molar-refractivity contribution >= 4 is 5.91 Å². The molecule has 1 amide bonds. The second-order valence-electron chi connectivity index (χ2n) is 23.3. The molecule has 1 heterocycles. The van der Waals surface area contributed by atoms with Crippen molar-refractivity contribution in [2.75, 3.05) is 13.2 Å². The van der Waals surface area contributed by atoms with Crippen LogP contribution < -0.4 is 5.32 Å². The summed E-state index contributed by atoms with van der Waals surface area (Å²) in [6, 6.07) is -0.714. The monoisotopic (exact) mass is 1040 g/mol. The Balaban J connectivity index is 2.13. The van der Waals surface area contributed by atoms with E-state index in [1.54, 1.807) is 0 Å². The number of aliphatic hydroxyl groups excluding tert-OH is 5. The average Bonchev–Trinajstić information content (AvgIpc) is 3.39. The van der Waals surface area contributed by atoms with E-state index in [2.05, 4.69) is 19.2 Å². The van der Waals surface area contributed by atoms with Crippen LogP contribution in [0.3, 0.4) is 0 Å². The third-order valence-corrected chi connectivity index (χ3v) is 16.2. The molecule has 0 bridgehead atoms. The molecule has 0 aromatic carbocycles. The maximum absolute atomic E-state index is 13.1. The molecule has 6 N–H and O–H groups in total. The molecule has 1 fully saturated rings. The van der Waals surface area contributed by atoms with Gasteiger partial charge in [0.05, 0.1) is 25.4 Å². The molecule has 1 rings (SSSR count). The van der Waals surface area contributed by atoms with Crippen LogP contribution in [0.15, 0.2) is 0 Å². The van der Waals surface area contributed by atoms with Crippen LogP contribution in [0.25, 0.3) is 0 Å². The number of hydrogen-bond acceptors (Lipinski definition) is 8. The normalized spacial score (nSPS) is 18.9. The molecule has 0 spiro atoms. The predicted octanol–water partition coefficient (Wildman–Crippen LogP) is 17.0. The lowest BCUT2D eigenvalue weighted by molar-refractivity contribution is -0.302. The minimum atomic E-state index is -1.55. The molecule has 7 atom stereocenters. The number of amides is 1. The van der Waals surface area contributed by atoms with E-state index < -0.39 is 49.5 Å². The minimum absolute atomic E-state index is 0.130. The zero-order valence-electron chi connectivity index (χ0n) is 48.7. The van der Waals surface area contributed by atoms with Gasteiger partial charge >= 0.3 is 0 Å². The standard InChI is InChI=1S/C64H127NO8/c1-3-5-7-9-11-13-15-17-19-21-23-25-27-29-30-31-33-35-37-39-41-43-45-47-49-51-53-58(67)57(56-72-64-63(71)62(70)61(69)59(55-66)73-64)65-60(68)54-52-50-48-46-44-42-40-38-36-34-32-28-26-24-22-20-18-16-14-12-10-8-6-4-2/h57-59,61-64,66-67,69-71H,3-56H2,1-2H3,(H,65,68). The van der Waals surface area contributed by atoms with E-state index in [-0.39, 0.29) is 12.5 Å². The summed E-state index contributed by atoms with van der Waals surface area (Å²) in [5.41, 5.74) is 0. The first-order valence-electron chi connectivity index (χ1n) is 32.7. The molecule has 1 aliphatic rings. The molecule has 0 saturated carbocycles. The molecule has 9 heteroatoms. The SMILES string of the molecule is CCCCCCCCCCCCCCCCCCCCCCCCCCCCC(O)C(COC1OC(CO)C(O)C(O)C1O)NC(=O)CCCCCCCCCCCCCCCCCCCCCCCCCC. The summed E-state index contributed by atoms with van der Waals surface area (Å²) in [6.45, 7) is 3.90. The van der Waals surface area contributed by atoms with Gasteiger partial charge in [-0.3, -0.25) is 4.79 Å². The number of rotatable bonds is 58. The van der Waals surface area contributed by atoms with Gasteiger partial charge in [0.25, 0.3) is 0 Å². The van der Waals surface area contributed by atoms with Gasteiger partial charge in [0.15, 0.2) is 6.29 Å². The van der Waals surface area contributed by atoms with Crippen LogP contribution in [0.5, 0.6) is 0 Å². The largest absolute Gasteiger partial charge is 0.394 e. The van der Waals surface area contributed by atoms with Gasteiger partial charge in [-0.2, -0.15) is 0 Å². The quantitative estimate of drug-likeness (QED) is 0.0330. The van der Waals surface area contributed by atoms with Crippen molar-refractivity contribution in [3.63, 3.8) is 0 Å². The molecule has 9 nitrogen and oxygen atoms in total. The molecular weight excluding hydrogens is 911 g/mol. The third kappa shape index (κ3) is 43.8. The van der Waals surface area contributed by atoms with Crippen LogP contribution in [-0.4, -0.2) is 87.5 Å². The Labute approximate surface area is 453 Å². The molecule has 0 radical (unpaired) electrons. The number of carbonyl (C=O) groups is 1. The topological polar surface area (TPSA) is 149 Å². The predicted molar refractivity (Wildman–Crippen MR) is 309 cm³/mol. The van der Waals surface area contributed by atoms with E-state index in [9.17, 15) is 30.3 Å². The third-order valence-electron chi connectivity index (χ3n) is 16.2. The number of hydrogen-bond donors (Lipinski definition) is 6. The first-order chi connectivity index (χ1) is 35.8. The summed E-state index contributed by atoms with van der Waals surface area (Å²) in [5, 5.41) is 54.9. The lowest BCUT2D eigenvalue weighted by atomic mass is 9.99. The molecule has 0 aliphatic carbocycles. The summed E-state index contributed by atoms with van der Waals surface area (Å²) in [4.78, 5) is 13.1. The van der Waals surface area contributed by atoms with E-state index >= 15 is 0 Å². The number of aliphatic hydroxyl groups is 5. The van der Waals surface area contributed by atoms with Crippen LogP contribution >= 0.6 is 0 Å². The fourth-order valence-electron chi connectivity index (χ4n) is 11.0. The lowest BCUT2D eigenvalue weighted by Crippen LogP contribution is -2.60. The number of unbranched alkanes of at least 4 members (excludes halogenated alkanes) is 48. The van der Waals surface area contributed by atoms with E-state index in [4.69, 9.17) is 9.47 Å². The van der Waals surface area contributed by atoms with Gasteiger partial charge in [-0.1, -0.05) is 328 Å². The van der Waals surface area contributed by atoms with Crippen LogP contribution in [0.1, 0.15) is 348 Å². The van der Waals surface area contributed by atoms with Gasteiger partial charge in [-0.15, -0.1) is 0 Å². The highest BCUT2D eigenvalue weighted by Gasteiger charge is 2.44. The van der Waals surface area contributed by atoms with E-state index in [1.807, 2.05) is 0 Å². The average molecular weight is 1040 g/mol. The summed E-state index contributed by atoms with van der Waals surface area (Å²) in [7, 11) is 0. The van der Waals surface area contributed by atoms with Gasteiger partial charge in [-0.25, -0.2) is 0 Å². The first-order valence-corrected chi connectivity index (χ1v) is 32.7. The Morgan fingerprint density at radius 3 is 0.973 bits per heavy atom. The summed E-state index contributed by atoms with van der Waals surface area (Å²) in [5.74, 6) is -0.134. The van der Waals surface area contributed by atoms with Gasteiger partial charge in [0.1, 0.15) is 24.4 Å². The van der Waals surface area contributed by atoms with Gasteiger partial charge in [0.2, 0.25) is 5.91 Å². The van der Waals surface area contributed by atoms with Gasteiger partial charge in [-0.05, 0) is 12.8 Å². The Hall–Kier alpha value is -0.810. The Morgan fingerprint density at radius 1 is 0.411 bits per heavy atom. The number of ether oxygens (including phenoxy) is 2. The Kier molecular flexibility index (Phi) is 52.5. The van der Waals surface area contributed by atoms with E-state index in [0.29, 0.717) is 12.8 Å². The van der Waals surface area contributed by atoms with Crippen molar-refractivity contribution in [3.8, 4) is 0 Å². The molecule has 73 heavy (non-hydrogen) atoms. The summed E-state index contributed by atoms with van der Waals surface area (Å²) < 4.78 is 11.4. The summed E-state index contributed by atoms with van der Waals surface area (Å²) in [6.07, 6.45) is 60.1. The van der Waals surface area contributed by atoms with Crippen LogP contribution in [0.4, 0.5) is 0 Å². The van der Waals surface area contributed by atoms with Crippen molar-refractivity contribution in [2.45, 2.75) is 391 Å². The zero-order valence-corrected chi connectivity index (χ0v) is 48.7. The molecule has 1 saturated heterocycles. The van der Waals surface area contributed by atoms with Crippen LogP contribution in [-0.2, 0) is 14.3 Å². The smallest absolute Gasteiger partial charge is 0.220 e. The maximum Gasteiger partial charge on any atom is 0.220 e. The molecule has 0 aromatic rings. The number of carbonyl (C=O) groups excluding carboxylic acids is 1. The van der Waals surface area contributed by atoms with Crippen LogP contribution in [0, 0.1) is 0 Å². The molecule has 7 unspecified atom stereocenters. The zero-order chi connectivity index (χ0) is 52.9. The molecule has 436 valence electrons. The fourth-order valence-corrected chi connectivity index (χ4v) is 11.0. The van der Waals surface area contributed by atoms with Crippen molar-refractivity contribution < 1.29 is 39.8 Å². The minimum Gasteiger partial charge on any atom is -0.394 e. The highest BCUT2D eigenvalue weighted by Crippen LogP contribution is 2.24.